The molecule has 8 nitrogen and oxygen atoms in total. The molecule has 33 heavy (non-hydrogen) atoms. The predicted molar refractivity (Wildman–Crippen MR) is 136 cm³/mol. The molecule has 1 unspecified atom stereocenters. The van der Waals surface area contributed by atoms with Gasteiger partial charge in [-0.2, -0.15) is 5.10 Å². The lowest BCUT2D eigenvalue weighted by Crippen LogP contribution is -2.41. The number of carbonyl (C=O) groups is 2. The van der Waals surface area contributed by atoms with Crippen molar-refractivity contribution in [3.63, 3.8) is 0 Å². The molecule has 0 aromatic heterocycles. The first-order valence-electron chi connectivity index (χ1n) is 10.3. The van der Waals surface area contributed by atoms with Crippen LogP contribution in [0.2, 0.25) is 0 Å². The molecule has 2 aromatic carbocycles. The molecule has 9 heteroatoms. The number of hydrogen-bond acceptors (Lipinski definition) is 7. The Morgan fingerprint density at radius 1 is 1.21 bits per heavy atom. The number of methoxy groups -OCH3 is 1. The molecular formula is C24H27N5O3S. The Balaban J connectivity index is 1.64. The number of ether oxygens (including phenoxy) is 1. The van der Waals surface area contributed by atoms with E-state index in [9.17, 15) is 9.59 Å². The Bertz CT molecular complexity index is 1090. The molecule has 0 saturated carbocycles. The molecule has 0 spiro atoms. The molecule has 1 aliphatic heterocycles. The van der Waals surface area contributed by atoms with E-state index in [1.165, 1.54) is 18.9 Å². The van der Waals surface area contributed by atoms with Gasteiger partial charge in [-0.25, -0.2) is 0 Å². The molecule has 2 amide bonds. The summed E-state index contributed by atoms with van der Waals surface area (Å²) < 4.78 is 5.26. The van der Waals surface area contributed by atoms with E-state index in [1.54, 1.807) is 18.2 Å². The van der Waals surface area contributed by atoms with Gasteiger partial charge in [0.05, 0.1) is 18.5 Å². The zero-order valence-electron chi connectivity index (χ0n) is 19.0. The number of allylic oxidation sites excluding steroid dienone is 1. The quantitative estimate of drug-likeness (QED) is 0.479. The van der Waals surface area contributed by atoms with Gasteiger partial charge >= 0.3 is 0 Å². The number of hydrogen-bond donors (Lipinski definition) is 2. The smallest absolute Gasteiger partial charge is 0.238 e. The van der Waals surface area contributed by atoms with Crippen LogP contribution in [0.4, 0.5) is 11.4 Å². The van der Waals surface area contributed by atoms with Crippen molar-refractivity contribution in [2.24, 2.45) is 10.2 Å². The summed E-state index contributed by atoms with van der Waals surface area (Å²) in [5.74, 6) is -0.0285. The molecule has 1 fully saturated rings. The first kappa shape index (κ1) is 24.1. The van der Waals surface area contributed by atoms with Crippen molar-refractivity contribution in [1.82, 2.24) is 5.32 Å². The number of benzene rings is 2. The van der Waals surface area contributed by atoms with E-state index in [1.807, 2.05) is 68.4 Å². The zero-order valence-corrected chi connectivity index (χ0v) is 19.8. The van der Waals surface area contributed by atoms with Crippen LogP contribution < -0.4 is 20.3 Å². The third-order valence-corrected chi connectivity index (χ3v) is 5.83. The maximum absolute atomic E-state index is 12.7. The SMILES string of the molecule is COc1ccccc1NC(=O)C1CC(=O)N/C(=N\N=C(C)C=Cc2ccc(N(C)C)cc2)S1. The lowest BCUT2D eigenvalue weighted by Gasteiger charge is -2.22. The summed E-state index contributed by atoms with van der Waals surface area (Å²) in [4.78, 5) is 26.9. The van der Waals surface area contributed by atoms with Crippen LogP contribution in [0.15, 0.2) is 64.8 Å². The van der Waals surface area contributed by atoms with E-state index in [4.69, 9.17) is 4.74 Å². The highest BCUT2D eigenvalue weighted by Gasteiger charge is 2.30. The standard InChI is InChI=1S/C24H27N5O3S/c1-16(9-10-17-11-13-18(14-12-17)29(2)3)27-28-24-26-22(30)15-21(33-24)23(31)25-19-7-5-6-8-20(19)32-4/h5-14,21H,15H2,1-4H3,(H,25,31)(H,26,28,30). The fourth-order valence-corrected chi connectivity index (χ4v) is 3.89. The highest BCUT2D eigenvalue weighted by molar-refractivity contribution is 8.15. The van der Waals surface area contributed by atoms with Gasteiger partial charge in [-0.15, -0.1) is 5.10 Å². The Labute approximate surface area is 197 Å². The van der Waals surface area contributed by atoms with E-state index >= 15 is 0 Å². The van der Waals surface area contributed by atoms with Gasteiger partial charge in [0.15, 0.2) is 5.17 Å². The second-order valence-electron chi connectivity index (χ2n) is 7.51. The van der Waals surface area contributed by atoms with Crippen LogP contribution in [0.3, 0.4) is 0 Å². The van der Waals surface area contributed by atoms with Gasteiger partial charge < -0.3 is 20.3 Å². The van der Waals surface area contributed by atoms with Gasteiger partial charge in [-0.05, 0) is 42.8 Å². The van der Waals surface area contributed by atoms with Crippen LogP contribution >= 0.6 is 11.8 Å². The van der Waals surface area contributed by atoms with Crippen LogP contribution in [0.1, 0.15) is 18.9 Å². The lowest BCUT2D eigenvalue weighted by molar-refractivity contribution is -0.123. The number of nitrogens with zero attached hydrogens (tertiary/aromatic N) is 3. The fourth-order valence-electron chi connectivity index (χ4n) is 2.96. The number of carbonyl (C=O) groups excluding carboxylic acids is 2. The summed E-state index contributed by atoms with van der Waals surface area (Å²) in [5, 5.41) is 13.4. The second kappa shape index (κ2) is 11.3. The molecule has 3 rings (SSSR count). The summed E-state index contributed by atoms with van der Waals surface area (Å²) in [5.41, 5.74) is 3.37. The molecule has 2 aromatic rings. The Hall–Kier alpha value is -3.59. The minimum atomic E-state index is -0.622. The monoisotopic (exact) mass is 465 g/mol. The van der Waals surface area contributed by atoms with Crippen LogP contribution in [0, 0.1) is 0 Å². The number of amidine groups is 1. The Kier molecular flexibility index (Phi) is 8.26. The summed E-state index contributed by atoms with van der Waals surface area (Å²) in [7, 11) is 5.53. The number of thioether (sulfide) groups is 1. The Morgan fingerprint density at radius 3 is 2.64 bits per heavy atom. The third kappa shape index (κ3) is 6.95. The number of rotatable bonds is 7. The molecule has 1 aliphatic rings. The van der Waals surface area contributed by atoms with Crippen LogP contribution in [-0.4, -0.2) is 49.1 Å². The predicted octanol–water partition coefficient (Wildman–Crippen LogP) is 3.77. The molecule has 0 aliphatic carbocycles. The average molecular weight is 466 g/mol. The second-order valence-corrected chi connectivity index (χ2v) is 8.71. The van der Waals surface area contributed by atoms with Crippen molar-refractivity contribution >= 4 is 51.9 Å². The van der Waals surface area contributed by atoms with E-state index < -0.39 is 5.25 Å². The first-order chi connectivity index (χ1) is 15.9. The summed E-state index contributed by atoms with van der Waals surface area (Å²) in [6.45, 7) is 1.82. The average Bonchev–Trinajstić information content (AvgIpc) is 2.81. The summed E-state index contributed by atoms with van der Waals surface area (Å²) in [6, 6.07) is 15.2. The van der Waals surface area contributed by atoms with Gasteiger partial charge in [0, 0.05) is 26.2 Å². The van der Waals surface area contributed by atoms with Crippen molar-refractivity contribution in [2.75, 3.05) is 31.4 Å². The van der Waals surface area contributed by atoms with Gasteiger partial charge in [0.25, 0.3) is 0 Å². The topological polar surface area (TPSA) is 95.4 Å². The van der Waals surface area contributed by atoms with E-state index in [-0.39, 0.29) is 23.4 Å². The molecule has 1 saturated heterocycles. The normalized spacial score (nSPS) is 17.7. The number of anilines is 2. The van der Waals surface area contributed by atoms with Gasteiger partial charge in [-0.1, -0.05) is 42.1 Å². The Morgan fingerprint density at radius 2 is 1.94 bits per heavy atom. The van der Waals surface area contributed by atoms with Crippen molar-refractivity contribution < 1.29 is 14.3 Å². The molecule has 0 radical (unpaired) electrons. The molecule has 1 atom stereocenters. The van der Waals surface area contributed by atoms with Crippen molar-refractivity contribution in [1.29, 1.82) is 0 Å². The van der Waals surface area contributed by atoms with Crippen molar-refractivity contribution in [3.05, 3.63) is 60.2 Å². The van der Waals surface area contributed by atoms with E-state index in [0.717, 1.165) is 11.3 Å². The van der Waals surface area contributed by atoms with Gasteiger partial charge in [-0.3, -0.25) is 9.59 Å². The highest BCUT2D eigenvalue weighted by Crippen LogP contribution is 2.26. The minimum absolute atomic E-state index is 0.0518. The zero-order chi connectivity index (χ0) is 23.8. The van der Waals surface area contributed by atoms with Crippen LogP contribution in [0.25, 0.3) is 6.08 Å². The summed E-state index contributed by atoms with van der Waals surface area (Å²) >= 11 is 1.17. The minimum Gasteiger partial charge on any atom is -0.495 e. The van der Waals surface area contributed by atoms with E-state index in [2.05, 4.69) is 20.8 Å². The maximum Gasteiger partial charge on any atom is 0.238 e. The number of amides is 2. The molecule has 172 valence electrons. The highest BCUT2D eigenvalue weighted by atomic mass is 32.2. The largest absolute Gasteiger partial charge is 0.495 e. The first-order valence-corrected chi connectivity index (χ1v) is 11.2. The molecular weight excluding hydrogens is 438 g/mol. The van der Waals surface area contributed by atoms with Crippen LogP contribution in [-0.2, 0) is 9.59 Å². The number of para-hydroxylation sites is 2. The van der Waals surface area contributed by atoms with E-state index in [0.29, 0.717) is 17.1 Å². The lowest BCUT2D eigenvalue weighted by atomic mass is 10.2. The molecule has 2 N–H and O–H groups in total. The molecule has 0 bridgehead atoms. The van der Waals surface area contributed by atoms with Crippen molar-refractivity contribution in [3.8, 4) is 5.75 Å². The fraction of sp³-hybridized carbons (Fsp3) is 0.250. The van der Waals surface area contributed by atoms with Crippen molar-refractivity contribution in [2.45, 2.75) is 18.6 Å². The number of nitrogens with one attached hydrogen (secondary N) is 2. The third-order valence-electron chi connectivity index (χ3n) is 4.75. The van der Waals surface area contributed by atoms with Gasteiger partial charge in [0.1, 0.15) is 11.0 Å². The molecule has 1 heterocycles. The summed E-state index contributed by atoms with van der Waals surface area (Å²) in [6.07, 6.45) is 3.83. The maximum atomic E-state index is 12.7. The van der Waals surface area contributed by atoms with Gasteiger partial charge in [0.2, 0.25) is 11.8 Å². The van der Waals surface area contributed by atoms with Crippen LogP contribution in [0.5, 0.6) is 5.75 Å².